The van der Waals surface area contributed by atoms with E-state index in [0.717, 1.165) is 22.3 Å². The van der Waals surface area contributed by atoms with E-state index in [-0.39, 0.29) is 11.6 Å². The number of rotatable bonds is 5. The maximum atomic E-state index is 12.6. The molecule has 2 heterocycles. The minimum atomic E-state index is -0.288. The molecule has 0 fully saturated rings. The third kappa shape index (κ3) is 4.21. The van der Waals surface area contributed by atoms with E-state index in [1.807, 2.05) is 54.6 Å². The molecule has 6 heteroatoms. The maximum absolute atomic E-state index is 12.6. The van der Waals surface area contributed by atoms with Crippen LogP contribution in [0.4, 0.5) is 17.2 Å². The van der Waals surface area contributed by atoms with Gasteiger partial charge in [0.1, 0.15) is 17.8 Å². The van der Waals surface area contributed by atoms with Gasteiger partial charge < -0.3 is 10.6 Å². The van der Waals surface area contributed by atoms with E-state index in [1.54, 1.807) is 12.3 Å². The van der Waals surface area contributed by atoms with E-state index in [1.165, 1.54) is 11.9 Å². The molecular formula is C23H21N5O. The molecule has 2 N–H and O–H groups in total. The molecule has 6 nitrogen and oxygen atoms in total. The second kappa shape index (κ2) is 8.06. The minimum Gasteiger partial charge on any atom is -0.338 e. The van der Waals surface area contributed by atoms with Gasteiger partial charge in [-0.05, 0) is 35.7 Å². The zero-order chi connectivity index (χ0) is 20.2. The summed E-state index contributed by atoms with van der Waals surface area (Å²) < 4.78 is 0. The predicted molar refractivity (Wildman–Crippen MR) is 116 cm³/mol. The lowest BCUT2D eigenvalue weighted by Crippen LogP contribution is -2.14. The number of benzene rings is 2. The summed E-state index contributed by atoms with van der Waals surface area (Å²) >= 11 is 0. The Morgan fingerprint density at radius 2 is 1.72 bits per heavy atom. The van der Waals surface area contributed by atoms with Gasteiger partial charge in [0.25, 0.3) is 5.91 Å². The second-order valence-corrected chi connectivity index (χ2v) is 7.03. The summed E-state index contributed by atoms with van der Waals surface area (Å²) in [6.45, 7) is 4.27. The Hall–Kier alpha value is -3.80. The fraction of sp³-hybridized carbons (Fsp3) is 0.130. The van der Waals surface area contributed by atoms with Crippen molar-refractivity contribution in [3.63, 3.8) is 0 Å². The molecule has 0 bridgehead atoms. The van der Waals surface area contributed by atoms with Gasteiger partial charge >= 0.3 is 0 Å². The van der Waals surface area contributed by atoms with Crippen LogP contribution in [0.15, 0.2) is 73.2 Å². The van der Waals surface area contributed by atoms with Crippen molar-refractivity contribution in [2.24, 2.45) is 0 Å². The lowest BCUT2D eigenvalue weighted by molar-refractivity contribution is 0.102. The summed E-state index contributed by atoms with van der Waals surface area (Å²) in [5.41, 5.74) is 3.89. The van der Waals surface area contributed by atoms with Gasteiger partial charge in [0.05, 0.1) is 11.2 Å². The maximum Gasteiger partial charge on any atom is 0.274 e. The van der Waals surface area contributed by atoms with Crippen LogP contribution < -0.4 is 10.6 Å². The minimum absolute atomic E-state index is 0.281. The first kappa shape index (κ1) is 18.6. The SMILES string of the molecule is CC(C)c1ccc(NC(=O)c2cc(Nc3cccc4cccnc34)ncn2)cc1. The summed E-state index contributed by atoms with van der Waals surface area (Å²) in [5.74, 6) is 0.682. The molecule has 2 aromatic heterocycles. The second-order valence-electron chi connectivity index (χ2n) is 7.03. The Morgan fingerprint density at radius 1 is 0.931 bits per heavy atom. The largest absolute Gasteiger partial charge is 0.338 e. The summed E-state index contributed by atoms with van der Waals surface area (Å²) in [4.78, 5) is 25.4. The summed E-state index contributed by atoms with van der Waals surface area (Å²) in [5, 5.41) is 7.13. The van der Waals surface area contributed by atoms with Crippen LogP contribution in [0.5, 0.6) is 0 Å². The highest BCUT2D eigenvalue weighted by Crippen LogP contribution is 2.24. The van der Waals surface area contributed by atoms with Crippen LogP contribution in [-0.2, 0) is 0 Å². The fourth-order valence-corrected chi connectivity index (χ4v) is 3.04. The van der Waals surface area contributed by atoms with Crippen LogP contribution in [0, 0.1) is 0 Å². The van der Waals surface area contributed by atoms with Crippen molar-refractivity contribution in [3.05, 3.63) is 84.4 Å². The van der Waals surface area contributed by atoms with Crippen molar-refractivity contribution in [2.75, 3.05) is 10.6 Å². The van der Waals surface area contributed by atoms with Gasteiger partial charge in [-0.1, -0.05) is 44.2 Å². The molecule has 0 atom stereocenters. The Labute approximate surface area is 169 Å². The Bertz CT molecular complexity index is 1150. The van der Waals surface area contributed by atoms with Crippen LogP contribution in [-0.4, -0.2) is 20.9 Å². The Balaban J connectivity index is 1.53. The van der Waals surface area contributed by atoms with Gasteiger partial charge in [0, 0.05) is 23.3 Å². The number of fused-ring (bicyclic) bond motifs is 1. The van der Waals surface area contributed by atoms with Crippen molar-refractivity contribution in [1.82, 2.24) is 15.0 Å². The normalized spacial score (nSPS) is 10.9. The molecule has 0 spiro atoms. The number of para-hydroxylation sites is 1. The third-order valence-electron chi connectivity index (χ3n) is 4.63. The molecule has 4 rings (SSSR count). The molecule has 0 radical (unpaired) electrons. The molecule has 0 unspecified atom stereocenters. The standard InChI is InChI=1S/C23H21N5O/c1-15(2)16-8-10-18(11-9-16)27-23(29)20-13-21(26-14-25-20)28-19-7-3-5-17-6-4-12-24-22(17)19/h3-15H,1-2H3,(H,27,29)(H,25,26,28). The van der Waals surface area contributed by atoms with Gasteiger partial charge in [-0.2, -0.15) is 0 Å². The number of hydrogen-bond acceptors (Lipinski definition) is 5. The number of carbonyl (C=O) groups is 1. The number of carbonyl (C=O) groups excluding carboxylic acids is 1. The lowest BCUT2D eigenvalue weighted by atomic mass is 10.0. The van der Waals surface area contributed by atoms with E-state index in [9.17, 15) is 4.79 Å². The molecule has 0 aliphatic rings. The monoisotopic (exact) mass is 383 g/mol. The first-order chi connectivity index (χ1) is 14.1. The molecule has 144 valence electrons. The van der Waals surface area contributed by atoms with Crippen molar-refractivity contribution in [1.29, 1.82) is 0 Å². The van der Waals surface area contributed by atoms with E-state index in [0.29, 0.717) is 11.7 Å². The van der Waals surface area contributed by atoms with Gasteiger partial charge in [-0.15, -0.1) is 0 Å². The van der Waals surface area contributed by atoms with Gasteiger partial charge in [-0.25, -0.2) is 9.97 Å². The zero-order valence-electron chi connectivity index (χ0n) is 16.3. The molecule has 29 heavy (non-hydrogen) atoms. The lowest BCUT2D eigenvalue weighted by Gasteiger charge is -2.10. The van der Waals surface area contributed by atoms with E-state index >= 15 is 0 Å². The zero-order valence-corrected chi connectivity index (χ0v) is 16.3. The fourth-order valence-electron chi connectivity index (χ4n) is 3.04. The number of aromatic nitrogens is 3. The van der Waals surface area contributed by atoms with Crippen LogP contribution >= 0.6 is 0 Å². The van der Waals surface area contributed by atoms with E-state index in [2.05, 4.69) is 39.4 Å². The molecule has 0 saturated carbocycles. The number of hydrogen-bond donors (Lipinski definition) is 2. The topological polar surface area (TPSA) is 79.8 Å². The molecule has 1 amide bonds. The van der Waals surface area contributed by atoms with Gasteiger partial charge in [-0.3, -0.25) is 9.78 Å². The molecule has 0 saturated heterocycles. The molecule has 4 aromatic rings. The van der Waals surface area contributed by atoms with Crippen molar-refractivity contribution >= 4 is 34.0 Å². The van der Waals surface area contributed by atoms with E-state index in [4.69, 9.17) is 0 Å². The Kier molecular flexibility index (Phi) is 5.16. The third-order valence-corrected chi connectivity index (χ3v) is 4.63. The highest BCUT2D eigenvalue weighted by atomic mass is 16.1. The number of amides is 1. The predicted octanol–water partition coefficient (Wildman–Crippen LogP) is 5.14. The number of anilines is 3. The van der Waals surface area contributed by atoms with Crippen LogP contribution in [0.1, 0.15) is 35.8 Å². The highest BCUT2D eigenvalue weighted by molar-refractivity contribution is 6.03. The van der Waals surface area contributed by atoms with Crippen LogP contribution in [0.25, 0.3) is 10.9 Å². The van der Waals surface area contributed by atoms with Crippen LogP contribution in [0.2, 0.25) is 0 Å². The number of nitrogens with one attached hydrogen (secondary N) is 2. The molecule has 0 aliphatic heterocycles. The molecular weight excluding hydrogens is 362 g/mol. The van der Waals surface area contributed by atoms with Crippen molar-refractivity contribution in [3.8, 4) is 0 Å². The van der Waals surface area contributed by atoms with E-state index < -0.39 is 0 Å². The first-order valence-electron chi connectivity index (χ1n) is 9.44. The number of pyridine rings is 1. The molecule has 2 aromatic carbocycles. The van der Waals surface area contributed by atoms with Crippen molar-refractivity contribution < 1.29 is 4.79 Å². The summed E-state index contributed by atoms with van der Waals surface area (Å²) in [7, 11) is 0. The molecule has 0 aliphatic carbocycles. The van der Waals surface area contributed by atoms with Gasteiger partial charge in [0.2, 0.25) is 0 Å². The quantitative estimate of drug-likeness (QED) is 0.498. The van der Waals surface area contributed by atoms with Crippen molar-refractivity contribution in [2.45, 2.75) is 19.8 Å². The summed E-state index contributed by atoms with van der Waals surface area (Å²) in [6.07, 6.45) is 3.12. The van der Waals surface area contributed by atoms with Crippen LogP contribution in [0.3, 0.4) is 0 Å². The number of nitrogens with zero attached hydrogens (tertiary/aromatic N) is 3. The Morgan fingerprint density at radius 3 is 2.52 bits per heavy atom. The summed E-state index contributed by atoms with van der Waals surface area (Å²) in [6, 6.07) is 19.2. The average Bonchev–Trinajstić information content (AvgIpc) is 2.74. The van der Waals surface area contributed by atoms with Gasteiger partial charge in [0.15, 0.2) is 0 Å². The average molecular weight is 383 g/mol. The smallest absolute Gasteiger partial charge is 0.274 e. The highest BCUT2D eigenvalue weighted by Gasteiger charge is 2.11. The first-order valence-corrected chi connectivity index (χ1v) is 9.44.